The molecule has 2 rings (SSSR count). The van der Waals surface area contributed by atoms with E-state index in [0.29, 0.717) is 5.41 Å². The van der Waals surface area contributed by atoms with E-state index in [1.54, 1.807) is 0 Å². The maximum atomic E-state index is 3.65. The molecular formula is C18H29N. The van der Waals surface area contributed by atoms with Gasteiger partial charge in [0.05, 0.1) is 0 Å². The van der Waals surface area contributed by atoms with Crippen molar-refractivity contribution in [3.8, 4) is 0 Å². The van der Waals surface area contributed by atoms with Crippen molar-refractivity contribution in [2.24, 2.45) is 17.3 Å². The molecule has 1 fully saturated rings. The first-order valence-electron chi connectivity index (χ1n) is 7.80. The van der Waals surface area contributed by atoms with Gasteiger partial charge in [-0.05, 0) is 47.6 Å². The van der Waals surface area contributed by atoms with Gasteiger partial charge in [-0.3, -0.25) is 0 Å². The van der Waals surface area contributed by atoms with Crippen LogP contribution in [0.1, 0.15) is 51.7 Å². The fourth-order valence-corrected chi connectivity index (χ4v) is 2.84. The zero-order chi connectivity index (χ0) is 13.9. The van der Waals surface area contributed by atoms with E-state index < -0.39 is 0 Å². The van der Waals surface area contributed by atoms with Crippen LogP contribution in [0.25, 0.3) is 0 Å². The Morgan fingerprint density at radius 1 is 1.00 bits per heavy atom. The Bertz CT molecular complexity index is 385. The van der Waals surface area contributed by atoms with Gasteiger partial charge < -0.3 is 5.32 Å². The lowest BCUT2D eigenvalue weighted by Crippen LogP contribution is -2.27. The van der Waals surface area contributed by atoms with Crippen molar-refractivity contribution in [1.29, 1.82) is 0 Å². The van der Waals surface area contributed by atoms with Crippen molar-refractivity contribution in [1.82, 2.24) is 5.32 Å². The topological polar surface area (TPSA) is 12.0 Å². The predicted molar refractivity (Wildman–Crippen MR) is 83.2 cm³/mol. The maximum Gasteiger partial charge on any atom is 0.0205 e. The number of hydrogen-bond donors (Lipinski definition) is 1. The third kappa shape index (κ3) is 4.07. The number of rotatable bonds is 7. The highest BCUT2D eigenvalue weighted by Crippen LogP contribution is 2.51. The first-order chi connectivity index (χ1) is 9.02. The van der Waals surface area contributed by atoms with Crippen molar-refractivity contribution in [2.75, 3.05) is 6.54 Å². The molecule has 1 nitrogen and oxygen atoms in total. The Hall–Kier alpha value is -0.820. The molecule has 0 saturated heterocycles. The molecule has 0 bridgehead atoms. The van der Waals surface area contributed by atoms with Gasteiger partial charge in [-0.15, -0.1) is 0 Å². The van der Waals surface area contributed by atoms with E-state index in [2.05, 4.69) is 57.3 Å². The lowest BCUT2D eigenvalue weighted by molar-refractivity contribution is 0.338. The third-order valence-electron chi connectivity index (χ3n) is 4.59. The summed E-state index contributed by atoms with van der Waals surface area (Å²) in [6.45, 7) is 11.5. The molecule has 0 heterocycles. The van der Waals surface area contributed by atoms with E-state index in [1.165, 1.54) is 36.9 Å². The molecule has 106 valence electrons. The normalized spacial score (nSPS) is 17.2. The van der Waals surface area contributed by atoms with Crippen molar-refractivity contribution in [3.63, 3.8) is 0 Å². The van der Waals surface area contributed by atoms with Gasteiger partial charge in [0.25, 0.3) is 0 Å². The molecule has 1 aromatic rings. The standard InChI is InChI=1S/C18H29N/c1-14(2)11-16-5-7-17(8-6-16)12-19-13-18(9-10-18)15(3)4/h5-8,14-15,19H,9-13H2,1-4H3. The molecule has 1 aliphatic carbocycles. The van der Waals surface area contributed by atoms with Crippen LogP contribution in [-0.2, 0) is 13.0 Å². The largest absolute Gasteiger partial charge is 0.312 e. The van der Waals surface area contributed by atoms with Crippen molar-refractivity contribution < 1.29 is 0 Å². The van der Waals surface area contributed by atoms with E-state index in [0.717, 1.165) is 18.4 Å². The summed E-state index contributed by atoms with van der Waals surface area (Å²) >= 11 is 0. The van der Waals surface area contributed by atoms with Gasteiger partial charge in [0.15, 0.2) is 0 Å². The summed E-state index contributed by atoms with van der Waals surface area (Å²) in [6.07, 6.45) is 4.00. The number of hydrogen-bond acceptors (Lipinski definition) is 1. The molecule has 0 amide bonds. The summed E-state index contributed by atoms with van der Waals surface area (Å²) in [7, 11) is 0. The first kappa shape index (κ1) is 14.6. The Morgan fingerprint density at radius 3 is 2.05 bits per heavy atom. The lowest BCUT2D eigenvalue weighted by atomic mass is 9.92. The predicted octanol–water partition coefficient (Wildman–Crippen LogP) is 4.41. The van der Waals surface area contributed by atoms with E-state index in [-0.39, 0.29) is 0 Å². The summed E-state index contributed by atoms with van der Waals surface area (Å²) in [4.78, 5) is 0. The molecule has 0 atom stereocenters. The maximum absolute atomic E-state index is 3.65. The van der Waals surface area contributed by atoms with E-state index >= 15 is 0 Å². The van der Waals surface area contributed by atoms with E-state index in [9.17, 15) is 0 Å². The summed E-state index contributed by atoms with van der Waals surface area (Å²) in [5, 5.41) is 3.65. The Balaban J connectivity index is 1.77. The highest BCUT2D eigenvalue weighted by Gasteiger charge is 2.44. The van der Waals surface area contributed by atoms with Crippen LogP contribution < -0.4 is 5.32 Å². The second-order valence-corrected chi connectivity index (χ2v) is 7.04. The van der Waals surface area contributed by atoms with Crippen LogP contribution in [0.3, 0.4) is 0 Å². The Morgan fingerprint density at radius 2 is 1.58 bits per heavy atom. The van der Waals surface area contributed by atoms with Crippen LogP contribution in [-0.4, -0.2) is 6.54 Å². The molecule has 0 aromatic heterocycles. The second-order valence-electron chi connectivity index (χ2n) is 7.04. The third-order valence-corrected chi connectivity index (χ3v) is 4.59. The zero-order valence-corrected chi connectivity index (χ0v) is 13.0. The van der Waals surface area contributed by atoms with Gasteiger partial charge in [-0.25, -0.2) is 0 Å². The average Bonchev–Trinajstić information content (AvgIpc) is 3.12. The second kappa shape index (κ2) is 6.09. The van der Waals surface area contributed by atoms with Gasteiger partial charge in [0.1, 0.15) is 0 Å². The van der Waals surface area contributed by atoms with Gasteiger partial charge in [0.2, 0.25) is 0 Å². The van der Waals surface area contributed by atoms with Crippen LogP contribution in [0.4, 0.5) is 0 Å². The molecule has 0 unspecified atom stereocenters. The quantitative estimate of drug-likeness (QED) is 0.765. The molecule has 1 saturated carbocycles. The average molecular weight is 259 g/mol. The molecule has 1 heteroatoms. The fourth-order valence-electron chi connectivity index (χ4n) is 2.84. The Kier molecular flexibility index (Phi) is 4.67. The molecule has 1 N–H and O–H groups in total. The number of benzene rings is 1. The zero-order valence-electron chi connectivity index (χ0n) is 13.0. The highest BCUT2D eigenvalue weighted by atomic mass is 14.9. The van der Waals surface area contributed by atoms with Crippen LogP contribution >= 0.6 is 0 Å². The first-order valence-corrected chi connectivity index (χ1v) is 7.80. The summed E-state index contributed by atoms with van der Waals surface area (Å²) in [5.74, 6) is 1.55. The Labute approximate surface area is 118 Å². The van der Waals surface area contributed by atoms with Gasteiger partial charge in [-0.1, -0.05) is 52.0 Å². The summed E-state index contributed by atoms with van der Waals surface area (Å²) in [6, 6.07) is 9.12. The highest BCUT2D eigenvalue weighted by molar-refractivity contribution is 5.22. The number of nitrogens with one attached hydrogen (secondary N) is 1. The minimum Gasteiger partial charge on any atom is -0.312 e. The minimum atomic E-state index is 0.609. The fraction of sp³-hybridized carbons (Fsp3) is 0.667. The van der Waals surface area contributed by atoms with E-state index in [1.807, 2.05) is 0 Å². The molecule has 0 radical (unpaired) electrons. The van der Waals surface area contributed by atoms with Crippen molar-refractivity contribution in [3.05, 3.63) is 35.4 Å². The van der Waals surface area contributed by atoms with Crippen molar-refractivity contribution in [2.45, 2.75) is 53.5 Å². The molecular weight excluding hydrogens is 230 g/mol. The molecule has 1 aliphatic rings. The van der Waals surface area contributed by atoms with Gasteiger partial charge >= 0.3 is 0 Å². The summed E-state index contributed by atoms with van der Waals surface area (Å²) < 4.78 is 0. The van der Waals surface area contributed by atoms with Crippen molar-refractivity contribution >= 4 is 0 Å². The molecule has 19 heavy (non-hydrogen) atoms. The smallest absolute Gasteiger partial charge is 0.0205 e. The monoisotopic (exact) mass is 259 g/mol. The molecule has 1 aromatic carbocycles. The van der Waals surface area contributed by atoms with Crippen LogP contribution in [0.5, 0.6) is 0 Å². The van der Waals surface area contributed by atoms with E-state index in [4.69, 9.17) is 0 Å². The van der Waals surface area contributed by atoms with Gasteiger partial charge in [0, 0.05) is 13.1 Å². The summed E-state index contributed by atoms with van der Waals surface area (Å²) in [5.41, 5.74) is 3.48. The SMILES string of the molecule is CC(C)Cc1ccc(CNCC2(C(C)C)CC2)cc1. The van der Waals surface area contributed by atoms with Gasteiger partial charge in [-0.2, -0.15) is 0 Å². The van der Waals surface area contributed by atoms with Crippen LogP contribution in [0.15, 0.2) is 24.3 Å². The molecule has 0 aliphatic heterocycles. The molecule has 0 spiro atoms. The lowest BCUT2D eigenvalue weighted by Gasteiger charge is -2.20. The van der Waals surface area contributed by atoms with Crippen LogP contribution in [0.2, 0.25) is 0 Å². The minimum absolute atomic E-state index is 0.609. The van der Waals surface area contributed by atoms with Crippen LogP contribution in [0, 0.1) is 17.3 Å².